The zero-order chi connectivity index (χ0) is 8.39. The van der Waals surface area contributed by atoms with Crippen LogP contribution in [-0.2, 0) is 4.74 Å². The SMILES string of the molecule is O=C1NCCN1N=C1CC=CO1. The van der Waals surface area contributed by atoms with E-state index >= 15 is 0 Å². The number of urea groups is 1. The molecule has 5 heteroatoms. The number of hydrogen-bond acceptors (Lipinski definition) is 3. The second kappa shape index (κ2) is 2.84. The van der Waals surface area contributed by atoms with Gasteiger partial charge < -0.3 is 10.1 Å². The molecule has 0 aromatic carbocycles. The van der Waals surface area contributed by atoms with E-state index in [-0.39, 0.29) is 6.03 Å². The second-order valence-electron chi connectivity index (χ2n) is 2.54. The Morgan fingerprint density at radius 3 is 3.17 bits per heavy atom. The Balaban J connectivity index is 2.01. The first-order valence-electron chi connectivity index (χ1n) is 3.81. The quantitative estimate of drug-likeness (QED) is 0.609. The zero-order valence-corrected chi connectivity index (χ0v) is 6.49. The molecule has 2 heterocycles. The molecule has 0 radical (unpaired) electrons. The van der Waals surface area contributed by atoms with E-state index in [1.54, 1.807) is 6.26 Å². The average Bonchev–Trinajstić information content (AvgIpc) is 2.65. The molecule has 0 spiro atoms. The van der Waals surface area contributed by atoms with Crippen molar-refractivity contribution in [2.24, 2.45) is 5.10 Å². The highest BCUT2D eigenvalue weighted by Gasteiger charge is 2.20. The lowest BCUT2D eigenvalue weighted by atomic mass is 10.5. The number of hydrogen-bond donors (Lipinski definition) is 1. The largest absolute Gasteiger partial charge is 0.449 e. The van der Waals surface area contributed by atoms with Crippen LogP contribution in [0.25, 0.3) is 0 Å². The maximum Gasteiger partial charge on any atom is 0.338 e. The van der Waals surface area contributed by atoms with Gasteiger partial charge in [-0.1, -0.05) is 0 Å². The van der Waals surface area contributed by atoms with Crippen LogP contribution in [0.4, 0.5) is 4.79 Å². The summed E-state index contributed by atoms with van der Waals surface area (Å²) < 4.78 is 5.01. The molecule has 5 nitrogen and oxygen atoms in total. The lowest BCUT2D eigenvalue weighted by Crippen LogP contribution is -2.24. The predicted octanol–water partition coefficient (Wildman–Crippen LogP) is 0.259. The first-order valence-corrected chi connectivity index (χ1v) is 3.81. The molecule has 1 saturated heterocycles. The molecule has 2 aliphatic heterocycles. The summed E-state index contributed by atoms with van der Waals surface area (Å²) in [5, 5.41) is 8.03. The maximum atomic E-state index is 11.0. The molecule has 0 bridgehead atoms. The standard InChI is InChI=1S/C7H9N3O2/c11-7-8-3-4-10(7)9-6-2-1-5-12-6/h1,5H,2-4H2,(H,8,11). The fourth-order valence-electron chi connectivity index (χ4n) is 1.08. The Morgan fingerprint density at radius 1 is 1.67 bits per heavy atom. The van der Waals surface area contributed by atoms with Gasteiger partial charge in [0.15, 0.2) is 0 Å². The third-order valence-corrected chi connectivity index (χ3v) is 1.66. The highest BCUT2D eigenvalue weighted by molar-refractivity contribution is 5.83. The Hall–Kier alpha value is -1.52. The lowest BCUT2D eigenvalue weighted by molar-refractivity contribution is 0.218. The van der Waals surface area contributed by atoms with Gasteiger partial charge in [0, 0.05) is 13.0 Å². The minimum atomic E-state index is -0.155. The summed E-state index contributed by atoms with van der Waals surface area (Å²) in [6.45, 7) is 1.27. The fourth-order valence-corrected chi connectivity index (χ4v) is 1.08. The van der Waals surface area contributed by atoms with Crippen molar-refractivity contribution in [2.75, 3.05) is 13.1 Å². The first kappa shape index (κ1) is 7.15. The maximum absolute atomic E-state index is 11.0. The van der Waals surface area contributed by atoms with Crippen molar-refractivity contribution in [1.82, 2.24) is 10.3 Å². The van der Waals surface area contributed by atoms with E-state index in [4.69, 9.17) is 4.74 Å². The van der Waals surface area contributed by atoms with Crippen molar-refractivity contribution in [3.8, 4) is 0 Å². The van der Waals surface area contributed by atoms with E-state index in [1.165, 1.54) is 5.01 Å². The monoisotopic (exact) mass is 167 g/mol. The number of nitrogens with zero attached hydrogens (tertiary/aromatic N) is 2. The molecular formula is C7H9N3O2. The fraction of sp³-hybridized carbons (Fsp3) is 0.429. The third kappa shape index (κ3) is 1.25. The first-order chi connectivity index (χ1) is 5.86. The van der Waals surface area contributed by atoms with E-state index in [0.29, 0.717) is 25.4 Å². The minimum absolute atomic E-state index is 0.155. The van der Waals surface area contributed by atoms with Crippen LogP contribution in [0.1, 0.15) is 6.42 Å². The van der Waals surface area contributed by atoms with Crippen LogP contribution < -0.4 is 5.32 Å². The molecule has 1 fully saturated rings. The predicted molar refractivity (Wildman–Crippen MR) is 42.4 cm³/mol. The van der Waals surface area contributed by atoms with Crippen LogP contribution in [0.5, 0.6) is 0 Å². The number of ether oxygens (including phenoxy) is 1. The smallest absolute Gasteiger partial charge is 0.338 e. The van der Waals surface area contributed by atoms with Crippen molar-refractivity contribution in [3.63, 3.8) is 0 Å². The normalized spacial score (nSPS) is 24.8. The molecule has 2 rings (SSSR count). The van der Waals surface area contributed by atoms with E-state index in [9.17, 15) is 4.79 Å². The van der Waals surface area contributed by atoms with Crippen LogP contribution >= 0.6 is 0 Å². The van der Waals surface area contributed by atoms with E-state index < -0.39 is 0 Å². The summed E-state index contributed by atoms with van der Waals surface area (Å²) >= 11 is 0. The molecule has 0 aliphatic carbocycles. The van der Waals surface area contributed by atoms with Crippen LogP contribution in [0.15, 0.2) is 17.4 Å². The molecule has 0 saturated carbocycles. The van der Waals surface area contributed by atoms with Gasteiger partial charge in [-0.3, -0.25) is 0 Å². The molecule has 1 N–H and O–H groups in total. The van der Waals surface area contributed by atoms with Gasteiger partial charge in [-0.15, -0.1) is 5.10 Å². The number of hydrazone groups is 1. The van der Waals surface area contributed by atoms with E-state index in [1.807, 2.05) is 6.08 Å². The molecule has 0 unspecified atom stereocenters. The molecule has 2 amide bonds. The van der Waals surface area contributed by atoms with Gasteiger partial charge in [-0.05, 0) is 6.08 Å². The van der Waals surface area contributed by atoms with Crippen molar-refractivity contribution in [1.29, 1.82) is 0 Å². The summed E-state index contributed by atoms with van der Waals surface area (Å²) in [7, 11) is 0. The summed E-state index contributed by atoms with van der Waals surface area (Å²) in [5.41, 5.74) is 0. The van der Waals surface area contributed by atoms with Crippen molar-refractivity contribution >= 4 is 11.9 Å². The minimum Gasteiger partial charge on any atom is -0.449 e. The molecular weight excluding hydrogens is 158 g/mol. The summed E-state index contributed by atoms with van der Waals surface area (Å²) in [4.78, 5) is 11.0. The number of nitrogens with one attached hydrogen (secondary N) is 1. The Morgan fingerprint density at radius 2 is 2.58 bits per heavy atom. The van der Waals surface area contributed by atoms with Crippen molar-refractivity contribution < 1.29 is 9.53 Å². The Kier molecular flexibility index (Phi) is 1.69. The Bertz CT molecular complexity index is 249. The number of amides is 2. The highest BCUT2D eigenvalue weighted by atomic mass is 16.5. The average molecular weight is 167 g/mol. The molecule has 0 atom stereocenters. The van der Waals surface area contributed by atoms with Crippen LogP contribution in [0.2, 0.25) is 0 Å². The Labute approximate surface area is 69.7 Å². The molecule has 64 valence electrons. The molecule has 0 aromatic heterocycles. The zero-order valence-electron chi connectivity index (χ0n) is 6.49. The van der Waals surface area contributed by atoms with Gasteiger partial charge in [0.25, 0.3) is 0 Å². The van der Waals surface area contributed by atoms with Gasteiger partial charge in [0.1, 0.15) is 0 Å². The second-order valence-corrected chi connectivity index (χ2v) is 2.54. The van der Waals surface area contributed by atoms with Gasteiger partial charge in [0.2, 0.25) is 5.90 Å². The number of carbonyl (C=O) groups is 1. The number of rotatable bonds is 1. The van der Waals surface area contributed by atoms with Crippen LogP contribution in [0, 0.1) is 0 Å². The van der Waals surface area contributed by atoms with Gasteiger partial charge in [0.05, 0.1) is 12.8 Å². The van der Waals surface area contributed by atoms with Crippen molar-refractivity contribution in [2.45, 2.75) is 6.42 Å². The molecule has 0 aromatic rings. The molecule has 2 aliphatic rings. The highest BCUT2D eigenvalue weighted by Crippen LogP contribution is 2.05. The lowest BCUT2D eigenvalue weighted by Gasteiger charge is -2.06. The third-order valence-electron chi connectivity index (χ3n) is 1.66. The topological polar surface area (TPSA) is 53.9 Å². The number of carbonyl (C=O) groups excluding carboxylic acids is 1. The van der Waals surface area contributed by atoms with Crippen LogP contribution in [0.3, 0.4) is 0 Å². The van der Waals surface area contributed by atoms with Gasteiger partial charge >= 0.3 is 6.03 Å². The summed E-state index contributed by atoms with van der Waals surface area (Å²) in [6.07, 6.45) is 4.10. The molecule has 12 heavy (non-hydrogen) atoms. The van der Waals surface area contributed by atoms with Crippen LogP contribution in [-0.4, -0.2) is 30.0 Å². The van der Waals surface area contributed by atoms with Crippen molar-refractivity contribution in [3.05, 3.63) is 12.3 Å². The summed E-state index contributed by atoms with van der Waals surface area (Å²) in [5.74, 6) is 0.576. The van der Waals surface area contributed by atoms with E-state index in [0.717, 1.165) is 0 Å². The van der Waals surface area contributed by atoms with Gasteiger partial charge in [-0.25, -0.2) is 9.80 Å². The summed E-state index contributed by atoms with van der Waals surface area (Å²) in [6, 6.07) is -0.155. The van der Waals surface area contributed by atoms with E-state index in [2.05, 4.69) is 10.4 Å². The van der Waals surface area contributed by atoms with Gasteiger partial charge in [-0.2, -0.15) is 0 Å².